The summed E-state index contributed by atoms with van der Waals surface area (Å²) >= 11 is 1.47. The Kier molecular flexibility index (Phi) is 9.08. The Labute approximate surface area is 215 Å². The van der Waals surface area contributed by atoms with E-state index in [1.807, 2.05) is 17.5 Å². The third kappa shape index (κ3) is 6.71. The normalized spacial score (nSPS) is 14.7. The number of anilines is 1. The first-order chi connectivity index (χ1) is 17.5. The van der Waals surface area contributed by atoms with Gasteiger partial charge in [0.2, 0.25) is 11.8 Å². The number of nitrogens with zero attached hydrogens (tertiary/aromatic N) is 1. The smallest absolute Gasteiger partial charge is 0.248 e. The average Bonchev–Trinajstić information content (AvgIpc) is 3.40. The lowest BCUT2D eigenvalue weighted by Crippen LogP contribution is -2.47. The van der Waals surface area contributed by atoms with Crippen LogP contribution in [0.2, 0.25) is 0 Å². The molecule has 0 aliphatic heterocycles. The summed E-state index contributed by atoms with van der Waals surface area (Å²) in [5.41, 5.74) is 0.942. The van der Waals surface area contributed by atoms with Gasteiger partial charge in [0, 0.05) is 23.7 Å². The number of amides is 2. The number of ether oxygens (including phenoxy) is 2. The van der Waals surface area contributed by atoms with Gasteiger partial charge >= 0.3 is 0 Å². The van der Waals surface area contributed by atoms with Crippen LogP contribution in [0.3, 0.4) is 0 Å². The van der Waals surface area contributed by atoms with Crippen LogP contribution in [0.15, 0.2) is 66.0 Å². The molecule has 0 spiro atoms. The highest BCUT2D eigenvalue weighted by Crippen LogP contribution is 2.31. The van der Waals surface area contributed by atoms with Gasteiger partial charge in [0.25, 0.3) is 0 Å². The molecule has 1 atom stereocenters. The van der Waals surface area contributed by atoms with Crippen molar-refractivity contribution < 1.29 is 23.5 Å². The van der Waals surface area contributed by atoms with E-state index in [9.17, 15) is 14.0 Å². The van der Waals surface area contributed by atoms with Gasteiger partial charge in [0.05, 0.1) is 6.42 Å². The topological polar surface area (TPSA) is 67.9 Å². The Morgan fingerprint density at radius 3 is 2.53 bits per heavy atom. The van der Waals surface area contributed by atoms with Crippen molar-refractivity contribution in [2.24, 2.45) is 0 Å². The Morgan fingerprint density at radius 1 is 1.08 bits per heavy atom. The molecule has 0 saturated heterocycles. The van der Waals surface area contributed by atoms with Gasteiger partial charge in [0.15, 0.2) is 6.79 Å². The number of halogens is 1. The Morgan fingerprint density at radius 2 is 1.86 bits per heavy atom. The molecule has 2 amide bonds. The maximum Gasteiger partial charge on any atom is 0.248 e. The van der Waals surface area contributed by atoms with Crippen LogP contribution in [0.25, 0.3) is 0 Å². The van der Waals surface area contributed by atoms with Gasteiger partial charge in [0.1, 0.15) is 17.6 Å². The fraction of sp³-hybridized carbons (Fsp3) is 0.357. The molecule has 6 nitrogen and oxygen atoms in total. The first kappa shape index (κ1) is 25.9. The SMILES string of the molecule is COCOc1ccc(C(C(=O)NC2CCCCC2)N(C(=O)Cc2cccs2)c2cccc(F)c2)cc1. The number of hydrogen-bond acceptors (Lipinski definition) is 5. The van der Waals surface area contributed by atoms with Gasteiger partial charge in [-0.05, 0) is 60.2 Å². The predicted molar refractivity (Wildman–Crippen MR) is 139 cm³/mol. The van der Waals surface area contributed by atoms with Crippen LogP contribution in [0.4, 0.5) is 10.1 Å². The number of nitrogens with one attached hydrogen (secondary N) is 1. The monoisotopic (exact) mass is 510 g/mol. The largest absolute Gasteiger partial charge is 0.468 e. The van der Waals surface area contributed by atoms with Crippen molar-refractivity contribution in [3.8, 4) is 5.75 Å². The molecule has 1 aromatic heterocycles. The molecule has 1 unspecified atom stereocenters. The van der Waals surface area contributed by atoms with Crippen molar-refractivity contribution in [2.45, 2.75) is 50.6 Å². The van der Waals surface area contributed by atoms with E-state index in [0.29, 0.717) is 17.0 Å². The zero-order chi connectivity index (χ0) is 25.3. The summed E-state index contributed by atoms with van der Waals surface area (Å²) in [6, 6.07) is 15.7. The van der Waals surface area contributed by atoms with Gasteiger partial charge in [-0.2, -0.15) is 0 Å². The molecule has 1 aliphatic rings. The van der Waals surface area contributed by atoms with Crippen molar-refractivity contribution >= 4 is 28.8 Å². The number of benzene rings is 2. The van der Waals surface area contributed by atoms with Crippen molar-refractivity contribution in [1.29, 1.82) is 0 Å². The molecule has 1 aliphatic carbocycles. The third-order valence-corrected chi connectivity index (χ3v) is 7.13. The quantitative estimate of drug-likeness (QED) is 0.359. The van der Waals surface area contributed by atoms with E-state index in [1.54, 1.807) is 36.4 Å². The minimum Gasteiger partial charge on any atom is -0.468 e. The lowest BCUT2D eigenvalue weighted by molar-refractivity contribution is -0.127. The first-order valence-electron chi connectivity index (χ1n) is 12.2. The maximum absolute atomic E-state index is 14.3. The molecule has 1 saturated carbocycles. The fourth-order valence-electron chi connectivity index (χ4n) is 4.53. The number of hydrogen-bond donors (Lipinski definition) is 1. The molecule has 0 radical (unpaired) electrons. The van der Waals surface area contributed by atoms with E-state index in [4.69, 9.17) is 9.47 Å². The van der Waals surface area contributed by atoms with Crippen LogP contribution in [0.5, 0.6) is 5.75 Å². The van der Waals surface area contributed by atoms with Gasteiger partial charge in [-0.15, -0.1) is 11.3 Å². The van der Waals surface area contributed by atoms with E-state index < -0.39 is 11.9 Å². The Hall–Kier alpha value is -3.23. The molecular weight excluding hydrogens is 479 g/mol. The molecule has 1 N–H and O–H groups in total. The second kappa shape index (κ2) is 12.6. The number of carbonyl (C=O) groups excluding carboxylic acids is 2. The van der Waals surface area contributed by atoms with Crippen molar-refractivity contribution in [1.82, 2.24) is 5.32 Å². The third-order valence-electron chi connectivity index (χ3n) is 6.26. The minimum absolute atomic E-state index is 0.0554. The van der Waals surface area contributed by atoms with Crippen molar-refractivity contribution in [3.05, 3.63) is 82.3 Å². The standard InChI is InChI=1S/C28H31FN2O4S/c1-34-19-35-24-14-12-20(13-15-24)27(28(33)30-22-8-3-2-4-9-22)31(23-10-5-7-21(29)17-23)26(32)18-25-11-6-16-36-25/h5-7,10-17,22,27H,2-4,8-9,18-19H2,1H3,(H,30,33). The summed E-state index contributed by atoms with van der Waals surface area (Å²) in [7, 11) is 1.54. The van der Waals surface area contributed by atoms with Gasteiger partial charge in [-0.1, -0.05) is 43.5 Å². The lowest BCUT2D eigenvalue weighted by atomic mass is 9.94. The van der Waals surface area contributed by atoms with Gasteiger partial charge in [-0.25, -0.2) is 4.39 Å². The van der Waals surface area contributed by atoms with Gasteiger partial charge < -0.3 is 14.8 Å². The van der Waals surface area contributed by atoms with Crippen molar-refractivity contribution in [3.63, 3.8) is 0 Å². The summed E-state index contributed by atoms with van der Waals surface area (Å²) in [5.74, 6) is -0.465. The summed E-state index contributed by atoms with van der Waals surface area (Å²) in [6.07, 6.45) is 5.21. The minimum atomic E-state index is -0.974. The number of thiophene rings is 1. The summed E-state index contributed by atoms with van der Waals surface area (Å²) in [4.78, 5) is 29.9. The highest BCUT2D eigenvalue weighted by Gasteiger charge is 2.34. The van der Waals surface area contributed by atoms with Crippen LogP contribution >= 0.6 is 11.3 Å². The van der Waals surface area contributed by atoms with Crippen LogP contribution in [0, 0.1) is 5.82 Å². The molecule has 2 aromatic carbocycles. The zero-order valence-electron chi connectivity index (χ0n) is 20.3. The lowest BCUT2D eigenvalue weighted by Gasteiger charge is -2.33. The first-order valence-corrected chi connectivity index (χ1v) is 13.0. The van der Waals surface area contributed by atoms with E-state index in [-0.39, 0.29) is 31.1 Å². The van der Waals surface area contributed by atoms with E-state index in [1.165, 1.54) is 35.5 Å². The highest BCUT2D eigenvalue weighted by molar-refractivity contribution is 7.10. The van der Waals surface area contributed by atoms with E-state index in [2.05, 4.69) is 5.32 Å². The van der Waals surface area contributed by atoms with Crippen LogP contribution in [0.1, 0.15) is 48.6 Å². The molecule has 3 aromatic rings. The number of carbonyl (C=O) groups is 2. The molecule has 8 heteroatoms. The number of rotatable bonds is 10. The molecule has 1 fully saturated rings. The fourth-order valence-corrected chi connectivity index (χ4v) is 5.22. The highest BCUT2D eigenvalue weighted by atomic mass is 32.1. The molecule has 0 bridgehead atoms. The van der Waals surface area contributed by atoms with Crippen molar-refractivity contribution in [2.75, 3.05) is 18.8 Å². The number of methoxy groups -OCH3 is 1. The zero-order valence-corrected chi connectivity index (χ0v) is 21.1. The molecule has 190 valence electrons. The summed E-state index contributed by atoms with van der Waals surface area (Å²) in [6.45, 7) is 0.0969. The van der Waals surface area contributed by atoms with Crippen LogP contribution < -0.4 is 15.0 Å². The molecule has 4 rings (SSSR count). The van der Waals surface area contributed by atoms with Crippen LogP contribution in [-0.2, 0) is 20.7 Å². The van der Waals surface area contributed by atoms with E-state index >= 15 is 0 Å². The van der Waals surface area contributed by atoms with E-state index in [0.717, 1.165) is 37.0 Å². The molecule has 36 heavy (non-hydrogen) atoms. The Bertz CT molecular complexity index is 1130. The van der Waals surface area contributed by atoms with Gasteiger partial charge in [-0.3, -0.25) is 14.5 Å². The summed E-state index contributed by atoms with van der Waals surface area (Å²) in [5, 5.41) is 5.07. The average molecular weight is 511 g/mol. The maximum atomic E-state index is 14.3. The second-order valence-electron chi connectivity index (χ2n) is 8.87. The summed E-state index contributed by atoms with van der Waals surface area (Å²) < 4.78 is 24.8. The molecule has 1 heterocycles. The Balaban J connectivity index is 1.72. The second-order valence-corrected chi connectivity index (χ2v) is 9.90. The van der Waals surface area contributed by atoms with Crippen LogP contribution in [-0.4, -0.2) is 31.8 Å². The predicted octanol–water partition coefficient (Wildman–Crippen LogP) is 5.64. The molecular formula is C28H31FN2O4S.